The van der Waals surface area contributed by atoms with Crippen LogP contribution in [0.25, 0.3) is 0 Å². The first kappa shape index (κ1) is 17.4. The van der Waals surface area contributed by atoms with E-state index in [9.17, 15) is 4.79 Å². The molecule has 1 rings (SSSR count). The summed E-state index contributed by atoms with van der Waals surface area (Å²) in [6, 6.07) is 0. The molecule has 0 aromatic rings. The maximum Gasteiger partial charge on any atom is 0.145 e. The van der Waals surface area contributed by atoms with Crippen LogP contribution >= 0.6 is 0 Å². The fourth-order valence-corrected chi connectivity index (χ4v) is 2.73. The van der Waals surface area contributed by atoms with E-state index >= 15 is 0 Å². The van der Waals surface area contributed by atoms with Gasteiger partial charge in [-0.15, -0.1) is 0 Å². The number of carbonyl (C=O) groups is 1. The minimum absolute atomic E-state index is 0.290. The van der Waals surface area contributed by atoms with E-state index in [0.717, 1.165) is 11.9 Å². The summed E-state index contributed by atoms with van der Waals surface area (Å²) in [4.78, 5) is 10.5. The van der Waals surface area contributed by atoms with Gasteiger partial charge in [0.2, 0.25) is 0 Å². The average molecular weight is 284 g/mol. The third-order valence-electron chi connectivity index (χ3n) is 4.07. The summed E-state index contributed by atoms with van der Waals surface area (Å²) < 4.78 is 0. The van der Waals surface area contributed by atoms with Crippen LogP contribution in [0.15, 0.2) is 58.7 Å². The zero-order chi connectivity index (χ0) is 15.9. The van der Waals surface area contributed by atoms with Gasteiger partial charge < -0.3 is 0 Å². The molecule has 0 unspecified atom stereocenters. The van der Waals surface area contributed by atoms with Crippen LogP contribution in [-0.4, -0.2) is 6.29 Å². The summed E-state index contributed by atoms with van der Waals surface area (Å²) in [5, 5.41) is 0. The van der Waals surface area contributed by atoms with Crippen LogP contribution in [-0.2, 0) is 4.79 Å². The molecule has 0 fully saturated rings. The van der Waals surface area contributed by atoms with Gasteiger partial charge in [0, 0.05) is 0 Å². The van der Waals surface area contributed by atoms with Crippen molar-refractivity contribution in [2.45, 2.75) is 53.9 Å². The lowest BCUT2D eigenvalue weighted by Gasteiger charge is -2.32. The van der Waals surface area contributed by atoms with Gasteiger partial charge in [0.05, 0.1) is 0 Å². The fourth-order valence-electron chi connectivity index (χ4n) is 2.73. The fraction of sp³-hybridized carbons (Fsp3) is 0.450. The van der Waals surface area contributed by atoms with Gasteiger partial charge in [-0.1, -0.05) is 61.4 Å². The lowest BCUT2D eigenvalue weighted by Crippen LogP contribution is -2.19. The molecule has 0 bridgehead atoms. The van der Waals surface area contributed by atoms with Crippen molar-refractivity contribution in [2.24, 2.45) is 5.41 Å². The highest BCUT2D eigenvalue weighted by Gasteiger charge is 2.26. The molecule has 1 nitrogen and oxygen atoms in total. The first-order valence-electron chi connectivity index (χ1n) is 7.72. The minimum Gasteiger partial charge on any atom is -0.298 e. The zero-order valence-electron chi connectivity index (χ0n) is 14.1. The first-order valence-corrected chi connectivity index (χ1v) is 7.72. The highest BCUT2D eigenvalue weighted by atomic mass is 16.1. The summed E-state index contributed by atoms with van der Waals surface area (Å²) in [6.07, 6.45) is 16.9. The molecule has 21 heavy (non-hydrogen) atoms. The Balaban J connectivity index is 2.77. The number of hydrogen-bond donors (Lipinski definition) is 0. The summed E-state index contributed by atoms with van der Waals surface area (Å²) in [7, 11) is 0. The molecule has 0 aliphatic heterocycles. The van der Waals surface area contributed by atoms with Crippen LogP contribution in [0, 0.1) is 5.41 Å². The van der Waals surface area contributed by atoms with E-state index in [1.165, 1.54) is 36.0 Å². The molecule has 0 aromatic heterocycles. The zero-order valence-corrected chi connectivity index (χ0v) is 14.1. The van der Waals surface area contributed by atoms with E-state index in [2.05, 4.69) is 45.9 Å². The molecular formula is C20H28O. The van der Waals surface area contributed by atoms with Crippen LogP contribution < -0.4 is 0 Å². The quantitative estimate of drug-likeness (QED) is 0.358. The van der Waals surface area contributed by atoms with Crippen LogP contribution in [0.2, 0.25) is 0 Å². The van der Waals surface area contributed by atoms with E-state index in [-0.39, 0.29) is 0 Å². The third kappa shape index (κ3) is 5.71. The number of hydrogen-bond acceptors (Lipinski definition) is 1. The van der Waals surface area contributed by atoms with Crippen LogP contribution in [0.5, 0.6) is 0 Å². The Hall–Kier alpha value is -1.63. The third-order valence-corrected chi connectivity index (χ3v) is 4.07. The predicted octanol–water partition coefficient (Wildman–Crippen LogP) is 5.72. The molecule has 0 heterocycles. The number of carbonyl (C=O) groups excluding carboxylic acids is 1. The van der Waals surface area contributed by atoms with Crippen molar-refractivity contribution in [2.75, 3.05) is 0 Å². The molecule has 1 heteroatoms. The van der Waals surface area contributed by atoms with E-state index in [1.807, 2.05) is 18.2 Å². The van der Waals surface area contributed by atoms with Crippen LogP contribution in [0.3, 0.4) is 0 Å². The van der Waals surface area contributed by atoms with Gasteiger partial charge in [0.15, 0.2) is 0 Å². The Morgan fingerprint density at radius 2 is 1.71 bits per heavy atom. The van der Waals surface area contributed by atoms with E-state index in [0.29, 0.717) is 5.41 Å². The first-order chi connectivity index (χ1) is 9.86. The van der Waals surface area contributed by atoms with Gasteiger partial charge in [0.1, 0.15) is 6.29 Å². The number of allylic oxidation sites excluding steroid dienone is 10. The Bertz CT molecular complexity index is 522. The van der Waals surface area contributed by atoms with E-state index in [1.54, 1.807) is 6.92 Å². The van der Waals surface area contributed by atoms with Crippen molar-refractivity contribution >= 4 is 6.29 Å². The molecule has 0 N–H and O–H groups in total. The van der Waals surface area contributed by atoms with Gasteiger partial charge in [-0.05, 0) is 56.6 Å². The summed E-state index contributed by atoms with van der Waals surface area (Å²) in [6.45, 7) is 10.8. The molecule has 0 radical (unpaired) electrons. The second kappa shape index (κ2) is 7.97. The van der Waals surface area contributed by atoms with Crippen molar-refractivity contribution in [3.63, 3.8) is 0 Å². The van der Waals surface area contributed by atoms with Gasteiger partial charge in [-0.3, -0.25) is 4.79 Å². The Kier molecular flexibility index (Phi) is 6.61. The Morgan fingerprint density at radius 3 is 2.29 bits per heavy atom. The topological polar surface area (TPSA) is 17.1 Å². The second-order valence-corrected chi connectivity index (χ2v) is 6.59. The van der Waals surface area contributed by atoms with Crippen molar-refractivity contribution < 1.29 is 4.79 Å². The van der Waals surface area contributed by atoms with Crippen LogP contribution in [0.1, 0.15) is 53.9 Å². The predicted molar refractivity (Wildman–Crippen MR) is 92.2 cm³/mol. The van der Waals surface area contributed by atoms with Crippen molar-refractivity contribution in [1.29, 1.82) is 0 Å². The molecule has 114 valence electrons. The van der Waals surface area contributed by atoms with Crippen molar-refractivity contribution in [1.82, 2.24) is 0 Å². The number of rotatable bonds is 5. The molecule has 1 aliphatic rings. The lowest BCUT2D eigenvalue weighted by atomic mass is 9.72. The van der Waals surface area contributed by atoms with Crippen molar-refractivity contribution in [3.8, 4) is 0 Å². The Morgan fingerprint density at radius 1 is 1.10 bits per heavy atom. The molecule has 0 spiro atoms. The Labute approximate surface area is 129 Å². The smallest absolute Gasteiger partial charge is 0.145 e. The SMILES string of the molecule is CC1=C(/C=C/C(C)=C/C=C\C=C(/C)C=O)C(C)(C)CCC1. The normalized spacial score (nSPS) is 20.6. The summed E-state index contributed by atoms with van der Waals surface area (Å²) in [5.41, 5.74) is 5.25. The maximum absolute atomic E-state index is 10.5. The van der Waals surface area contributed by atoms with E-state index < -0.39 is 0 Å². The molecule has 0 saturated heterocycles. The largest absolute Gasteiger partial charge is 0.298 e. The molecule has 0 atom stereocenters. The highest BCUT2D eigenvalue weighted by Crippen LogP contribution is 2.40. The molecular weight excluding hydrogens is 256 g/mol. The van der Waals surface area contributed by atoms with Crippen LogP contribution in [0.4, 0.5) is 0 Å². The monoisotopic (exact) mass is 284 g/mol. The number of aldehydes is 1. The minimum atomic E-state index is 0.290. The lowest BCUT2D eigenvalue weighted by molar-refractivity contribution is -0.104. The molecule has 0 saturated carbocycles. The second-order valence-electron chi connectivity index (χ2n) is 6.59. The van der Waals surface area contributed by atoms with Gasteiger partial charge in [0.25, 0.3) is 0 Å². The van der Waals surface area contributed by atoms with Crippen molar-refractivity contribution in [3.05, 3.63) is 58.7 Å². The average Bonchev–Trinajstić information content (AvgIpc) is 2.42. The molecule has 1 aliphatic carbocycles. The van der Waals surface area contributed by atoms with Gasteiger partial charge in [-0.25, -0.2) is 0 Å². The summed E-state index contributed by atoms with van der Waals surface area (Å²) >= 11 is 0. The molecule has 0 aromatic carbocycles. The summed E-state index contributed by atoms with van der Waals surface area (Å²) in [5.74, 6) is 0. The molecule has 0 amide bonds. The van der Waals surface area contributed by atoms with Gasteiger partial charge >= 0.3 is 0 Å². The standard InChI is InChI=1S/C20H28O/c1-16(9-6-7-10-17(2)15-21)12-13-19-18(3)11-8-14-20(19,4)5/h6-7,9-10,12-13,15H,8,11,14H2,1-5H3/b7-6-,13-12+,16-9+,17-10+. The van der Waals surface area contributed by atoms with Gasteiger partial charge in [-0.2, -0.15) is 0 Å². The maximum atomic E-state index is 10.5. The van der Waals surface area contributed by atoms with E-state index in [4.69, 9.17) is 0 Å². The highest BCUT2D eigenvalue weighted by molar-refractivity contribution is 5.72.